The second-order valence-corrected chi connectivity index (χ2v) is 2.92. The van der Waals surface area contributed by atoms with Crippen molar-refractivity contribution in [2.45, 2.75) is 6.42 Å². The van der Waals surface area contributed by atoms with Crippen molar-refractivity contribution in [1.29, 1.82) is 0 Å². The highest BCUT2D eigenvalue weighted by Crippen LogP contribution is 2.16. The first-order valence-electron chi connectivity index (χ1n) is 4.02. The molecule has 0 aliphatic carbocycles. The molecule has 0 saturated heterocycles. The number of carbonyl (C=O) groups excluding carboxylic acids is 1. The zero-order valence-corrected chi connectivity index (χ0v) is 7.14. The molecular weight excluding hydrogens is 184 g/mol. The minimum atomic E-state index is -0.617. The number of benzene rings is 1. The van der Waals surface area contributed by atoms with Gasteiger partial charge < -0.3 is 10.1 Å². The number of hydrogen-bond donors (Lipinski definition) is 0. The fourth-order valence-corrected chi connectivity index (χ4v) is 1.38. The van der Waals surface area contributed by atoms with Crippen molar-refractivity contribution in [2.75, 3.05) is 0 Å². The van der Waals surface area contributed by atoms with Gasteiger partial charge in [0.2, 0.25) is 0 Å². The fraction of sp³-hybridized carbons (Fsp3) is 0.111. The highest BCUT2D eigenvalue weighted by atomic mass is 16.6. The smallest absolute Gasteiger partial charge is 0.358 e. The number of amides is 1. The van der Waals surface area contributed by atoms with E-state index in [0.717, 1.165) is 0 Å². The van der Waals surface area contributed by atoms with Crippen LogP contribution in [0, 0.1) is 10.1 Å². The topological polar surface area (TPSA) is 72.6 Å². The van der Waals surface area contributed by atoms with Gasteiger partial charge in [-0.15, -0.1) is 0 Å². The third-order valence-corrected chi connectivity index (χ3v) is 2.04. The Bertz CT molecular complexity index is 451. The van der Waals surface area contributed by atoms with Crippen LogP contribution in [0.15, 0.2) is 29.3 Å². The number of hydrogen-bond acceptors (Lipinski definition) is 3. The Morgan fingerprint density at radius 1 is 1.36 bits per heavy atom. The lowest BCUT2D eigenvalue weighted by Gasteiger charge is -2.07. The van der Waals surface area contributed by atoms with Crippen molar-refractivity contribution in [1.82, 2.24) is 0 Å². The summed E-state index contributed by atoms with van der Waals surface area (Å²) in [5, 5.41) is 10.4. The van der Waals surface area contributed by atoms with E-state index in [1.54, 1.807) is 24.3 Å². The number of carbonyl (C=O) groups is 1. The summed E-state index contributed by atoms with van der Waals surface area (Å²) in [5.74, 6) is -0.813. The van der Waals surface area contributed by atoms with E-state index in [1.807, 2.05) is 0 Å². The Balaban J connectivity index is 2.48. The summed E-state index contributed by atoms with van der Waals surface area (Å²) in [4.78, 5) is 24.5. The van der Waals surface area contributed by atoms with Crippen LogP contribution in [0.2, 0.25) is 0 Å². The lowest BCUT2D eigenvalue weighted by molar-refractivity contribution is -0.352. The summed E-state index contributed by atoms with van der Waals surface area (Å²) < 4.78 is 0. The Morgan fingerprint density at radius 2 is 2.07 bits per heavy atom. The van der Waals surface area contributed by atoms with Gasteiger partial charge in [-0.05, 0) is 16.6 Å². The molecule has 0 spiro atoms. The Morgan fingerprint density at radius 3 is 2.79 bits per heavy atom. The van der Waals surface area contributed by atoms with Crippen LogP contribution in [0.1, 0.15) is 15.9 Å². The molecular formula is C9H6N2O3. The highest BCUT2D eigenvalue weighted by molar-refractivity contribution is 6.06. The molecule has 0 unspecified atom stereocenters. The van der Waals surface area contributed by atoms with Crippen LogP contribution in [-0.4, -0.2) is 16.7 Å². The quantitative estimate of drug-likeness (QED) is 0.453. The van der Waals surface area contributed by atoms with Crippen LogP contribution in [0.25, 0.3) is 0 Å². The first-order chi connectivity index (χ1) is 6.68. The van der Waals surface area contributed by atoms with Crippen LogP contribution in [0.3, 0.4) is 0 Å². The van der Waals surface area contributed by atoms with E-state index < -0.39 is 10.8 Å². The standard InChI is InChI=1S/C9H6N2O3/c12-9-7-4-2-1-3-6(7)5-8(10-9)11(13)14/h1-4H,5H2. The van der Waals surface area contributed by atoms with Crippen LogP contribution in [0.4, 0.5) is 0 Å². The fourth-order valence-electron chi connectivity index (χ4n) is 1.38. The van der Waals surface area contributed by atoms with E-state index in [2.05, 4.69) is 4.99 Å². The number of nitro groups is 1. The van der Waals surface area contributed by atoms with E-state index in [1.165, 1.54) is 0 Å². The van der Waals surface area contributed by atoms with E-state index in [9.17, 15) is 14.9 Å². The molecule has 1 heterocycles. The van der Waals surface area contributed by atoms with Crippen LogP contribution < -0.4 is 0 Å². The molecule has 1 aliphatic heterocycles. The molecule has 1 aromatic carbocycles. The summed E-state index contributed by atoms with van der Waals surface area (Å²) in [6.45, 7) is 0. The molecule has 14 heavy (non-hydrogen) atoms. The van der Waals surface area contributed by atoms with Gasteiger partial charge in [-0.3, -0.25) is 0 Å². The van der Waals surface area contributed by atoms with Gasteiger partial charge in [-0.2, -0.15) is 0 Å². The molecule has 0 radical (unpaired) electrons. The van der Waals surface area contributed by atoms with E-state index in [0.29, 0.717) is 11.1 Å². The Hall–Kier alpha value is -2.04. The molecule has 0 N–H and O–H groups in total. The average molecular weight is 190 g/mol. The first-order valence-corrected chi connectivity index (χ1v) is 4.02. The van der Waals surface area contributed by atoms with Crippen LogP contribution in [-0.2, 0) is 6.42 Å². The number of nitrogens with zero attached hydrogens (tertiary/aromatic N) is 2. The second-order valence-electron chi connectivity index (χ2n) is 2.92. The third kappa shape index (κ3) is 1.28. The average Bonchev–Trinajstić information content (AvgIpc) is 2.17. The molecule has 0 aromatic heterocycles. The summed E-state index contributed by atoms with van der Waals surface area (Å²) in [7, 11) is 0. The maximum atomic E-state index is 11.3. The molecule has 70 valence electrons. The van der Waals surface area contributed by atoms with Crippen molar-refractivity contribution in [3.63, 3.8) is 0 Å². The molecule has 5 heteroatoms. The molecule has 0 saturated carbocycles. The first kappa shape index (κ1) is 8.55. The van der Waals surface area contributed by atoms with Gasteiger partial charge >= 0.3 is 11.7 Å². The minimum Gasteiger partial charge on any atom is -0.358 e. The zero-order chi connectivity index (χ0) is 10.1. The molecule has 0 atom stereocenters. The highest BCUT2D eigenvalue weighted by Gasteiger charge is 2.27. The van der Waals surface area contributed by atoms with Gasteiger partial charge in [-0.1, -0.05) is 18.2 Å². The van der Waals surface area contributed by atoms with Crippen molar-refractivity contribution in [3.8, 4) is 0 Å². The lowest BCUT2D eigenvalue weighted by Crippen LogP contribution is -2.22. The predicted molar refractivity (Wildman–Crippen MR) is 48.9 cm³/mol. The molecule has 1 amide bonds. The summed E-state index contributed by atoms with van der Waals surface area (Å²) in [6.07, 6.45) is 0.120. The Kier molecular flexibility index (Phi) is 1.85. The number of amidine groups is 1. The largest absolute Gasteiger partial charge is 0.383 e. The van der Waals surface area contributed by atoms with Crippen molar-refractivity contribution < 1.29 is 9.72 Å². The molecule has 0 bridgehead atoms. The third-order valence-electron chi connectivity index (χ3n) is 2.04. The summed E-state index contributed by atoms with van der Waals surface area (Å²) >= 11 is 0. The van der Waals surface area contributed by atoms with Gasteiger partial charge in [0, 0.05) is 4.99 Å². The predicted octanol–water partition coefficient (Wildman–Crippen LogP) is 1.06. The molecule has 0 fully saturated rings. The van der Waals surface area contributed by atoms with Crippen molar-refractivity contribution in [3.05, 3.63) is 45.5 Å². The van der Waals surface area contributed by atoms with E-state index >= 15 is 0 Å². The van der Waals surface area contributed by atoms with Gasteiger partial charge in [0.15, 0.2) is 0 Å². The lowest BCUT2D eigenvalue weighted by atomic mass is 10.0. The van der Waals surface area contributed by atoms with Gasteiger partial charge in [0.1, 0.15) is 0 Å². The summed E-state index contributed by atoms with van der Waals surface area (Å²) in [5.41, 5.74) is 1.12. The minimum absolute atomic E-state index is 0.120. The zero-order valence-electron chi connectivity index (χ0n) is 7.14. The normalized spacial score (nSPS) is 14.6. The van der Waals surface area contributed by atoms with Gasteiger partial charge in [0.25, 0.3) is 0 Å². The van der Waals surface area contributed by atoms with E-state index in [4.69, 9.17) is 0 Å². The molecule has 5 nitrogen and oxygen atoms in total. The Labute approximate surface area is 79.2 Å². The number of rotatable bonds is 0. The maximum absolute atomic E-state index is 11.3. The van der Waals surface area contributed by atoms with Crippen LogP contribution >= 0.6 is 0 Å². The molecule has 1 aromatic rings. The molecule has 2 rings (SSSR count). The van der Waals surface area contributed by atoms with Gasteiger partial charge in [-0.25, -0.2) is 4.79 Å². The summed E-state index contributed by atoms with van der Waals surface area (Å²) in [6, 6.07) is 6.78. The monoisotopic (exact) mass is 190 g/mol. The SMILES string of the molecule is O=C1N=C([N+](=O)[O-])Cc2ccccc21. The number of aliphatic imine (C=N–C) groups is 1. The van der Waals surface area contributed by atoms with Crippen molar-refractivity contribution in [2.24, 2.45) is 4.99 Å². The van der Waals surface area contributed by atoms with E-state index in [-0.39, 0.29) is 12.3 Å². The maximum Gasteiger partial charge on any atom is 0.383 e. The van der Waals surface area contributed by atoms with Gasteiger partial charge in [0.05, 0.1) is 12.0 Å². The van der Waals surface area contributed by atoms with Crippen LogP contribution in [0.5, 0.6) is 0 Å². The second kappa shape index (κ2) is 3.02. The number of fused-ring (bicyclic) bond motifs is 1. The van der Waals surface area contributed by atoms with Crippen molar-refractivity contribution >= 4 is 11.7 Å². The molecule has 1 aliphatic rings.